The lowest BCUT2D eigenvalue weighted by Crippen LogP contribution is -2.57. The molecule has 1 aromatic heterocycles. The van der Waals surface area contributed by atoms with Crippen LogP contribution >= 0.6 is 22.9 Å². The number of hydrogen-bond donors (Lipinski definition) is 4. The van der Waals surface area contributed by atoms with Gasteiger partial charge in [0.15, 0.2) is 0 Å². The van der Waals surface area contributed by atoms with Crippen LogP contribution in [0.4, 0.5) is 27.8 Å². The first-order valence-corrected chi connectivity index (χ1v) is 17.5. The molecule has 3 fully saturated rings. The summed E-state index contributed by atoms with van der Waals surface area (Å²) in [6.07, 6.45) is -0.102. The number of amides is 5. The number of phenols is 1. The van der Waals surface area contributed by atoms with Crippen molar-refractivity contribution in [2.45, 2.75) is 69.8 Å². The molecule has 1 atom stereocenters. The summed E-state index contributed by atoms with van der Waals surface area (Å²) >= 11 is 7.47. The molecular formula is C32H40ClF3N6O4S. The van der Waals surface area contributed by atoms with Crippen molar-refractivity contribution in [1.82, 2.24) is 25.3 Å². The maximum Gasteiger partial charge on any atom is 0.420 e. The summed E-state index contributed by atoms with van der Waals surface area (Å²) in [6.45, 7) is 4.21. The first-order chi connectivity index (χ1) is 22.5. The van der Waals surface area contributed by atoms with E-state index >= 15 is 0 Å². The Labute approximate surface area is 280 Å². The van der Waals surface area contributed by atoms with Crippen LogP contribution in [0, 0.1) is 11.8 Å². The van der Waals surface area contributed by atoms with Gasteiger partial charge in [0, 0.05) is 44.2 Å². The molecule has 0 spiro atoms. The summed E-state index contributed by atoms with van der Waals surface area (Å²) in [5, 5.41) is 21.4. The minimum atomic E-state index is -4.86. The predicted molar refractivity (Wildman–Crippen MR) is 173 cm³/mol. The maximum absolute atomic E-state index is 13.9. The average Bonchev–Trinajstić information content (AvgIpc) is 3.52. The lowest BCUT2D eigenvalue weighted by molar-refractivity contribution is -0.138. The molecule has 5 amide bonds. The van der Waals surface area contributed by atoms with E-state index in [-0.39, 0.29) is 30.0 Å². The third-order valence-electron chi connectivity index (χ3n) is 10.1. The highest BCUT2D eigenvalue weighted by atomic mass is 35.5. The number of phenolic OH excluding ortho intramolecular Hbond substituents is 1. The number of halogens is 4. The Kier molecular flexibility index (Phi) is 10.1. The van der Waals surface area contributed by atoms with E-state index in [9.17, 15) is 32.7 Å². The number of anilines is 1. The van der Waals surface area contributed by atoms with E-state index in [1.54, 1.807) is 14.7 Å². The van der Waals surface area contributed by atoms with Gasteiger partial charge in [-0.1, -0.05) is 11.6 Å². The molecule has 2 aromatic rings. The van der Waals surface area contributed by atoms with Gasteiger partial charge in [-0.3, -0.25) is 10.1 Å². The highest BCUT2D eigenvalue weighted by molar-refractivity contribution is 7.14. The Balaban J connectivity index is 1.13. The summed E-state index contributed by atoms with van der Waals surface area (Å²) in [7, 11) is 0. The number of alkyl halides is 3. The van der Waals surface area contributed by atoms with Crippen LogP contribution in [-0.4, -0.2) is 89.1 Å². The highest BCUT2D eigenvalue weighted by Crippen LogP contribution is 2.41. The van der Waals surface area contributed by atoms with E-state index in [1.165, 1.54) is 17.4 Å². The number of aromatic hydroxyl groups is 1. The molecule has 3 saturated heterocycles. The van der Waals surface area contributed by atoms with Gasteiger partial charge in [-0.05, 0) is 92.6 Å². The fourth-order valence-electron chi connectivity index (χ4n) is 7.46. The van der Waals surface area contributed by atoms with Crippen LogP contribution in [0.2, 0.25) is 5.02 Å². The molecule has 5 heterocycles. The van der Waals surface area contributed by atoms with Crippen LogP contribution in [0.3, 0.4) is 0 Å². The molecule has 4 aliphatic rings. The SMILES string of the molecule is O=C(N[C@H](Cc1cc(Cl)c(O)c(C(F)(F)F)c1)C(=O)N1CCC(C2CCNCC2)CC1)N1CCC(N2Cc3ccsc3NC2=O)CC1. The van der Waals surface area contributed by atoms with E-state index in [0.29, 0.717) is 57.4 Å². The number of carbonyl (C=O) groups excluding carboxylic acids is 3. The van der Waals surface area contributed by atoms with Gasteiger partial charge in [0.1, 0.15) is 16.8 Å². The molecule has 4 aliphatic heterocycles. The number of nitrogens with one attached hydrogen (secondary N) is 3. The van der Waals surface area contributed by atoms with Gasteiger partial charge in [-0.15, -0.1) is 11.3 Å². The number of fused-ring (bicyclic) bond motifs is 1. The number of carbonyl (C=O) groups is 3. The molecule has 0 radical (unpaired) electrons. The van der Waals surface area contributed by atoms with Gasteiger partial charge in [-0.2, -0.15) is 13.2 Å². The summed E-state index contributed by atoms with van der Waals surface area (Å²) in [6, 6.07) is 2.12. The zero-order valence-electron chi connectivity index (χ0n) is 26.0. The van der Waals surface area contributed by atoms with E-state index in [2.05, 4.69) is 16.0 Å². The van der Waals surface area contributed by atoms with Crippen LogP contribution in [-0.2, 0) is 23.9 Å². The van der Waals surface area contributed by atoms with Gasteiger partial charge < -0.3 is 30.4 Å². The second-order valence-corrected chi connectivity index (χ2v) is 14.3. The van der Waals surface area contributed by atoms with Crippen molar-refractivity contribution in [3.05, 3.63) is 45.3 Å². The van der Waals surface area contributed by atoms with E-state index in [1.807, 2.05) is 11.4 Å². The van der Waals surface area contributed by atoms with Crippen molar-refractivity contribution in [2.24, 2.45) is 11.8 Å². The standard InChI is InChI=1S/C32H40ClF3N6O4S/c33-25-16-19(15-24(27(25)43)32(34,35)36)17-26(29(44)40-10-3-21(4-11-40)20-1-8-37-9-2-20)38-30(45)41-12-5-23(6-13-41)42-18-22-7-14-47-28(22)39-31(42)46/h7,14-16,20-21,23,26,37,43H,1-6,8-13,17-18H2,(H,38,45)(H,39,46)/t26-/m1/s1. The molecule has 10 nitrogen and oxygen atoms in total. The first-order valence-electron chi connectivity index (χ1n) is 16.3. The molecule has 1 aromatic carbocycles. The van der Waals surface area contributed by atoms with Crippen LogP contribution < -0.4 is 16.0 Å². The van der Waals surface area contributed by atoms with Gasteiger partial charge in [-0.25, -0.2) is 9.59 Å². The van der Waals surface area contributed by atoms with Gasteiger partial charge in [0.2, 0.25) is 5.91 Å². The number of nitrogens with zero attached hydrogens (tertiary/aromatic N) is 3. The quantitative estimate of drug-likeness (QED) is 0.319. The van der Waals surface area contributed by atoms with Crippen molar-refractivity contribution in [2.75, 3.05) is 44.6 Å². The maximum atomic E-state index is 13.9. The molecule has 6 rings (SSSR count). The predicted octanol–water partition coefficient (Wildman–Crippen LogP) is 5.50. The van der Waals surface area contributed by atoms with Crippen molar-refractivity contribution in [3.63, 3.8) is 0 Å². The Morgan fingerprint density at radius 2 is 1.68 bits per heavy atom. The fraction of sp³-hybridized carbons (Fsp3) is 0.594. The number of hydrogen-bond acceptors (Lipinski definition) is 6. The molecular weight excluding hydrogens is 657 g/mol. The highest BCUT2D eigenvalue weighted by Gasteiger charge is 2.38. The largest absolute Gasteiger partial charge is 0.506 e. The minimum Gasteiger partial charge on any atom is -0.506 e. The minimum absolute atomic E-state index is 0.0642. The molecule has 47 heavy (non-hydrogen) atoms. The molecule has 15 heteroatoms. The van der Waals surface area contributed by atoms with Crippen molar-refractivity contribution < 1.29 is 32.7 Å². The fourth-order valence-corrected chi connectivity index (χ4v) is 8.50. The molecule has 4 N–H and O–H groups in total. The topological polar surface area (TPSA) is 117 Å². The number of rotatable bonds is 6. The number of piperidine rings is 3. The molecule has 0 unspecified atom stereocenters. The monoisotopic (exact) mass is 696 g/mol. The third kappa shape index (κ3) is 7.59. The Hall–Kier alpha value is -3.23. The smallest absolute Gasteiger partial charge is 0.420 e. The lowest BCUT2D eigenvalue weighted by atomic mass is 9.79. The second-order valence-electron chi connectivity index (χ2n) is 13.0. The number of urea groups is 2. The van der Waals surface area contributed by atoms with Crippen LogP contribution in [0.5, 0.6) is 5.75 Å². The summed E-state index contributed by atoms with van der Waals surface area (Å²) in [5.74, 6) is -0.314. The third-order valence-corrected chi connectivity index (χ3v) is 11.3. The summed E-state index contributed by atoms with van der Waals surface area (Å²) in [5.41, 5.74) is -0.163. The normalized spacial score (nSPS) is 20.9. The first kappa shape index (κ1) is 33.7. The van der Waals surface area contributed by atoms with E-state index in [0.717, 1.165) is 55.4 Å². The van der Waals surface area contributed by atoms with Crippen LogP contribution in [0.15, 0.2) is 23.6 Å². The van der Waals surface area contributed by atoms with Crippen molar-refractivity contribution in [1.29, 1.82) is 0 Å². The molecule has 0 saturated carbocycles. The van der Waals surface area contributed by atoms with Gasteiger partial charge in [0.05, 0.1) is 17.1 Å². The number of likely N-dealkylation sites (tertiary alicyclic amines) is 2. The average molecular weight is 697 g/mol. The second kappa shape index (κ2) is 14.1. The molecule has 256 valence electrons. The van der Waals surface area contributed by atoms with Gasteiger partial charge >= 0.3 is 18.2 Å². The Bertz CT molecular complexity index is 1470. The van der Waals surface area contributed by atoms with Gasteiger partial charge in [0.25, 0.3) is 0 Å². The lowest BCUT2D eigenvalue weighted by Gasteiger charge is -2.41. The number of thiophene rings is 1. The number of benzene rings is 1. The van der Waals surface area contributed by atoms with E-state index in [4.69, 9.17) is 11.6 Å². The van der Waals surface area contributed by atoms with Crippen LogP contribution in [0.25, 0.3) is 0 Å². The Morgan fingerprint density at radius 1 is 1.02 bits per heavy atom. The summed E-state index contributed by atoms with van der Waals surface area (Å²) < 4.78 is 41.1. The van der Waals surface area contributed by atoms with Crippen molar-refractivity contribution in [3.8, 4) is 5.75 Å². The van der Waals surface area contributed by atoms with Crippen molar-refractivity contribution >= 4 is 45.9 Å². The molecule has 0 aliphatic carbocycles. The summed E-state index contributed by atoms with van der Waals surface area (Å²) in [4.78, 5) is 45.3. The van der Waals surface area contributed by atoms with E-state index < -0.39 is 34.6 Å². The zero-order chi connectivity index (χ0) is 33.3. The zero-order valence-corrected chi connectivity index (χ0v) is 27.5. The van der Waals surface area contributed by atoms with Crippen LogP contribution in [0.1, 0.15) is 55.2 Å². The Morgan fingerprint density at radius 3 is 2.36 bits per heavy atom. The molecule has 0 bridgehead atoms.